The predicted octanol–water partition coefficient (Wildman–Crippen LogP) is 0.738. The SMILES string of the molecule is N#Cc1cccc(S(=O)(=O)CCN2CC(CC(=O)O)C2)c1. The number of nitriles is 1. The third kappa shape index (κ3) is 4.03. The number of carbonyl (C=O) groups is 1. The molecule has 7 heteroatoms. The van der Waals surface area contributed by atoms with Crippen LogP contribution in [0.4, 0.5) is 0 Å². The molecule has 2 rings (SSSR count). The topological polar surface area (TPSA) is 98.5 Å². The highest BCUT2D eigenvalue weighted by Gasteiger charge is 2.29. The van der Waals surface area contributed by atoms with Crippen LogP contribution >= 0.6 is 0 Å². The number of sulfone groups is 1. The second-order valence-corrected chi connectivity index (χ2v) is 7.29. The van der Waals surface area contributed by atoms with Crippen molar-refractivity contribution in [1.82, 2.24) is 4.90 Å². The number of hydrogen-bond acceptors (Lipinski definition) is 5. The van der Waals surface area contributed by atoms with Gasteiger partial charge in [-0.1, -0.05) is 6.07 Å². The van der Waals surface area contributed by atoms with Crippen molar-refractivity contribution in [2.24, 2.45) is 5.92 Å². The first-order valence-electron chi connectivity index (χ1n) is 6.58. The van der Waals surface area contributed by atoms with Crippen LogP contribution in [0.5, 0.6) is 0 Å². The molecule has 1 aromatic rings. The normalized spacial score (nSPS) is 16.1. The lowest BCUT2D eigenvalue weighted by Gasteiger charge is -2.38. The number of rotatable bonds is 6. The van der Waals surface area contributed by atoms with Gasteiger partial charge in [-0.25, -0.2) is 8.42 Å². The molecule has 1 saturated heterocycles. The summed E-state index contributed by atoms with van der Waals surface area (Å²) in [5, 5.41) is 17.4. The fourth-order valence-corrected chi connectivity index (χ4v) is 3.69. The van der Waals surface area contributed by atoms with Gasteiger partial charge in [0.1, 0.15) is 0 Å². The molecule has 0 spiro atoms. The maximum atomic E-state index is 12.2. The van der Waals surface area contributed by atoms with E-state index in [-0.39, 0.29) is 23.0 Å². The molecule has 0 atom stereocenters. The van der Waals surface area contributed by atoms with Gasteiger partial charge in [0, 0.05) is 19.6 Å². The first kappa shape index (κ1) is 15.5. The summed E-state index contributed by atoms with van der Waals surface area (Å²) in [6, 6.07) is 7.89. The van der Waals surface area contributed by atoms with E-state index in [1.165, 1.54) is 12.1 Å². The molecule has 0 amide bonds. The van der Waals surface area contributed by atoms with Gasteiger partial charge in [0.15, 0.2) is 9.84 Å². The highest BCUT2D eigenvalue weighted by atomic mass is 32.2. The zero-order valence-corrected chi connectivity index (χ0v) is 12.2. The van der Waals surface area contributed by atoms with Crippen molar-refractivity contribution in [3.8, 4) is 6.07 Å². The van der Waals surface area contributed by atoms with E-state index in [2.05, 4.69) is 0 Å². The van der Waals surface area contributed by atoms with Gasteiger partial charge in [0.2, 0.25) is 0 Å². The van der Waals surface area contributed by atoms with Crippen LogP contribution in [0.2, 0.25) is 0 Å². The standard InChI is InChI=1S/C14H16N2O4S/c15-8-11-2-1-3-13(6-11)21(19,20)5-4-16-9-12(10-16)7-14(17)18/h1-3,6,12H,4-5,7,9-10H2,(H,17,18). The molecule has 0 bridgehead atoms. The number of nitrogens with zero attached hydrogens (tertiary/aromatic N) is 2. The van der Waals surface area contributed by atoms with Crippen molar-refractivity contribution in [2.45, 2.75) is 11.3 Å². The molecule has 112 valence electrons. The first-order chi connectivity index (χ1) is 9.90. The molecule has 0 saturated carbocycles. The van der Waals surface area contributed by atoms with Gasteiger partial charge < -0.3 is 10.0 Å². The summed E-state index contributed by atoms with van der Waals surface area (Å²) in [4.78, 5) is 12.6. The lowest BCUT2D eigenvalue weighted by atomic mass is 9.97. The second kappa shape index (κ2) is 6.24. The lowest BCUT2D eigenvalue weighted by Crippen LogP contribution is -2.49. The minimum Gasteiger partial charge on any atom is -0.481 e. The first-order valence-corrected chi connectivity index (χ1v) is 8.23. The summed E-state index contributed by atoms with van der Waals surface area (Å²) in [5.41, 5.74) is 0.321. The Bertz CT molecular complexity index is 672. The van der Waals surface area contributed by atoms with E-state index in [9.17, 15) is 13.2 Å². The zero-order valence-electron chi connectivity index (χ0n) is 11.4. The minimum absolute atomic E-state index is 0.0261. The van der Waals surface area contributed by atoms with Crippen molar-refractivity contribution in [3.63, 3.8) is 0 Å². The lowest BCUT2D eigenvalue weighted by molar-refractivity contribution is -0.139. The Morgan fingerprint density at radius 2 is 2.14 bits per heavy atom. The Kier molecular flexibility index (Phi) is 4.60. The molecular formula is C14H16N2O4S. The van der Waals surface area contributed by atoms with Crippen molar-refractivity contribution >= 4 is 15.8 Å². The Balaban J connectivity index is 1.88. The van der Waals surface area contributed by atoms with Gasteiger partial charge in [-0.05, 0) is 24.1 Å². The third-order valence-electron chi connectivity index (χ3n) is 3.49. The van der Waals surface area contributed by atoms with Crippen LogP contribution in [0, 0.1) is 17.2 Å². The molecule has 1 aromatic carbocycles. The van der Waals surface area contributed by atoms with Crippen LogP contribution in [0.15, 0.2) is 29.2 Å². The van der Waals surface area contributed by atoms with Crippen LogP contribution in [0.3, 0.4) is 0 Å². The summed E-state index contributed by atoms with van der Waals surface area (Å²) >= 11 is 0. The summed E-state index contributed by atoms with van der Waals surface area (Å²) in [5.74, 6) is -0.727. The molecule has 1 aliphatic heterocycles. The summed E-state index contributed by atoms with van der Waals surface area (Å²) in [7, 11) is -3.41. The molecule has 0 aliphatic carbocycles. The molecule has 0 unspecified atom stereocenters. The van der Waals surface area contributed by atoms with Gasteiger partial charge in [-0.2, -0.15) is 5.26 Å². The Morgan fingerprint density at radius 1 is 1.43 bits per heavy atom. The largest absolute Gasteiger partial charge is 0.481 e. The highest BCUT2D eigenvalue weighted by Crippen LogP contribution is 2.20. The van der Waals surface area contributed by atoms with Crippen LogP contribution in [-0.4, -0.2) is 49.8 Å². The molecule has 21 heavy (non-hydrogen) atoms. The quantitative estimate of drug-likeness (QED) is 0.832. The predicted molar refractivity (Wildman–Crippen MR) is 75.4 cm³/mol. The number of carboxylic acid groups (broad SMARTS) is 1. The van der Waals surface area contributed by atoms with E-state index in [1.807, 2.05) is 11.0 Å². The van der Waals surface area contributed by atoms with Crippen LogP contribution in [0.1, 0.15) is 12.0 Å². The van der Waals surface area contributed by atoms with Gasteiger partial charge in [-0.3, -0.25) is 4.79 Å². The number of hydrogen-bond donors (Lipinski definition) is 1. The van der Waals surface area contributed by atoms with Crippen molar-refractivity contribution in [3.05, 3.63) is 29.8 Å². The molecule has 0 aromatic heterocycles. The molecule has 1 heterocycles. The highest BCUT2D eigenvalue weighted by molar-refractivity contribution is 7.91. The number of likely N-dealkylation sites (tertiary alicyclic amines) is 1. The van der Waals surface area contributed by atoms with E-state index in [0.29, 0.717) is 25.2 Å². The van der Waals surface area contributed by atoms with Gasteiger partial charge in [0.25, 0.3) is 0 Å². The third-order valence-corrected chi connectivity index (χ3v) is 5.19. The smallest absolute Gasteiger partial charge is 0.303 e. The molecule has 0 radical (unpaired) electrons. The maximum absolute atomic E-state index is 12.2. The Labute approximate surface area is 123 Å². The molecular weight excluding hydrogens is 292 g/mol. The molecule has 1 fully saturated rings. The van der Waals surface area contributed by atoms with E-state index in [0.717, 1.165) is 0 Å². The van der Waals surface area contributed by atoms with E-state index < -0.39 is 15.8 Å². The van der Waals surface area contributed by atoms with E-state index in [1.54, 1.807) is 12.1 Å². The maximum Gasteiger partial charge on any atom is 0.303 e. The minimum atomic E-state index is -3.41. The molecule has 1 aliphatic rings. The average Bonchev–Trinajstić information content (AvgIpc) is 2.41. The zero-order chi connectivity index (χ0) is 15.5. The van der Waals surface area contributed by atoms with Crippen molar-refractivity contribution in [1.29, 1.82) is 5.26 Å². The number of benzene rings is 1. The Morgan fingerprint density at radius 3 is 2.76 bits per heavy atom. The fraction of sp³-hybridized carbons (Fsp3) is 0.429. The summed E-state index contributed by atoms with van der Waals surface area (Å²) < 4.78 is 24.3. The molecule has 1 N–H and O–H groups in total. The summed E-state index contributed by atoms with van der Waals surface area (Å²) in [6.45, 7) is 1.63. The van der Waals surface area contributed by atoms with Gasteiger partial charge >= 0.3 is 5.97 Å². The van der Waals surface area contributed by atoms with Crippen LogP contribution in [0.25, 0.3) is 0 Å². The number of aliphatic carboxylic acids is 1. The van der Waals surface area contributed by atoms with Crippen LogP contribution in [-0.2, 0) is 14.6 Å². The number of carboxylic acids is 1. The fourth-order valence-electron chi connectivity index (χ4n) is 2.36. The molecule has 6 nitrogen and oxygen atoms in total. The van der Waals surface area contributed by atoms with Gasteiger partial charge in [0.05, 0.1) is 28.7 Å². The Hall–Kier alpha value is -1.91. The second-order valence-electron chi connectivity index (χ2n) is 5.18. The monoisotopic (exact) mass is 308 g/mol. The average molecular weight is 308 g/mol. The van der Waals surface area contributed by atoms with E-state index >= 15 is 0 Å². The van der Waals surface area contributed by atoms with Gasteiger partial charge in [-0.15, -0.1) is 0 Å². The summed E-state index contributed by atoms with van der Waals surface area (Å²) in [6.07, 6.45) is 0.132. The van der Waals surface area contributed by atoms with E-state index in [4.69, 9.17) is 10.4 Å². The van der Waals surface area contributed by atoms with Crippen molar-refractivity contribution in [2.75, 3.05) is 25.4 Å². The van der Waals surface area contributed by atoms with Crippen LogP contribution < -0.4 is 0 Å². The van der Waals surface area contributed by atoms with Crippen molar-refractivity contribution < 1.29 is 18.3 Å².